The highest BCUT2D eigenvalue weighted by Gasteiger charge is 2.06. The van der Waals surface area contributed by atoms with Gasteiger partial charge in [-0.1, -0.05) is 6.42 Å². The fourth-order valence-electron chi connectivity index (χ4n) is 1.55. The van der Waals surface area contributed by atoms with E-state index in [9.17, 15) is 0 Å². The molecule has 0 saturated carbocycles. The van der Waals surface area contributed by atoms with Crippen LogP contribution in [0.1, 0.15) is 31.7 Å². The van der Waals surface area contributed by atoms with E-state index in [0.717, 1.165) is 43.7 Å². The number of nitrogens with one attached hydrogen (secondary N) is 1. The van der Waals surface area contributed by atoms with E-state index in [4.69, 9.17) is 10.5 Å². The van der Waals surface area contributed by atoms with Crippen molar-refractivity contribution in [3.8, 4) is 5.88 Å². The van der Waals surface area contributed by atoms with Crippen molar-refractivity contribution in [3.63, 3.8) is 0 Å². The summed E-state index contributed by atoms with van der Waals surface area (Å²) in [5.41, 5.74) is 6.41. The van der Waals surface area contributed by atoms with Crippen LogP contribution in [-0.2, 0) is 0 Å². The molecule has 3 N–H and O–H groups in total. The molecule has 5 nitrogen and oxygen atoms in total. The third kappa shape index (κ3) is 4.56. The first-order valence-electron chi connectivity index (χ1n) is 6.18. The minimum atomic E-state index is 0.619. The number of ether oxygens (including phenoxy) is 1. The van der Waals surface area contributed by atoms with Gasteiger partial charge in [-0.2, -0.15) is 0 Å². The van der Waals surface area contributed by atoms with E-state index in [0.29, 0.717) is 12.5 Å². The molecule has 0 amide bonds. The summed E-state index contributed by atoms with van der Waals surface area (Å²) in [6.07, 6.45) is 4.85. The molecule has 1 aromatic rings. The molecule has 1 aromatic heterocycles. The Morgan fingerprint density at radius 1 is 1.29 bits per heavy atom. The van der Waals surface area contributed by atoms with Gasteiger partial charge in [-0.3, -0.25) is 0 Å². The number of unbranched alkanes of at least 4 members (excludes halogenated alkanes) is 2. The lowest BCUT2D eigenvalue weighted by Gasteiger charge is -2.11. The molecule has 0 aliphatic rings. The fraction of sp³-hybridized carbons (Fsp3) is 0.667. The van der Waals surface area contributed by atoms with E-state index in [1.165, 1.54) is 6.33 Å². The van der Waals surface area contributed by atoms with Crippen molar-refractivity contribution >= 4 is 5.82 Å². The maximum absolute atomic E-state index is 5.44. The van der Waals surface area contributed by atoms with Crippen molar-refractivity contribution in [2.45, 2.75) is 33.1 Å². The predicted molar refractivity (Wildman–Crippen MR) is 69.3 cm³/mol. The Labute approximate surface area is 103 Å². The van der Waals surface area contributed by atoms with Crippen LogP contribution in [0, 0.1) is 6.92 Å². The zero-order valence-electron chi connectivity index (χ0n) is 10.7. The van der Waals surface area contributed by atoms with Crippen LogP contribution in [0.25, 0.3) is 0 Å². The number of hydrogen-bond donors (Lipinski definition) is 2. The monoisotopic (exact) mass is 238 g/mol. The molecule has 0 atom stereocenters. The number of rotatable bonds is 8. The molecule has 1 heterocycles. The maximum atomic E-state index is 5.44. The zero-order valence-corrected chi connectivity index (χ0v) is 10.7. The molecule has 96 valence electrons. The molecule has 0 fully saturated rings. The molecule has 0 bridgehead atoms. The second kappa shape index (κ2) is 7.84. The Balaban J connectivity index is 2.44. The van der Waals surface area contributed by atoms with Crippen LogP contribution in [0.2, 0.25) is 0 Å². The molecule has 0 aliphatic carbocycles. The Morgan fingerprint density at radius 3 is 2.82 bits per heavy atom. The highest BCUT2D eigenvalue weighted by atomic mass is 16.5. The molecule has 0 spiro atoms. The van der Waals surface area contributed by atoms with E-state index < -0.39 is 0 Å². The van der Waals surface area contributed by atoms with Crippen LogP contribution in [0.5, 0.6) is 5.88 Å². The summed E-state index contributed by atoms with van der Waals surface area (Å²) in [7, 11) is 0. The van der Waals surface area contributed by atoms with Gasteiger partial charge in [0.2, 0.25) is 5.88 Å². The quantitative estimate of drug-likeness (QED) is 0.675. The predicted octanol–water partition coefficient (Wildman–Crippen LogP) is 1.72. The molecule has 0 aromatic carbocycles. The Kier molecular flexibility index (Phi) is 6.32. The summed E-state index contributed by atoms with van der Waals surface area (Å²) < 4.78 is 5.41. The minimum absolute atomic E-state index is 0.619. The number of hydrogen-bond acceptors (Lipinski definition) is 5. The molecular formula is C12H22N4O. The lowest BCUT2D eigenvalue weighted by Crippen LogP contribution is -2.08. The number of anilines is 1. The zero-order chi connectivity index (χ0) is 12.5. The van der Waals surface area contributed by atoms with E-state index in [1.54, 1.807) is 0 Å². The fourth-order valence-corrected chi connectivity index (χ4v) is 1.55. The number of nitrogens with two attached hydrogens (primary N) is 1. The number of aromatic nitrogens is 2. The van der Waals surface area contributed by atoms with Crippen LogP contribution < -0.4 is 15.8 Å². The first-order valence-corrected chi connectivity index (χ1v) is 6.18. The van der Waals surface area contributed by atoms with E-state index >= 15 is 0 Å². The molecule has 1 rings (SSSR count). The normalized spacial score (nSPS) is 10.3. The van der Waals surface area contributed by atoms with Crippen LogP contribution >= 0.6 is 0 Å². The van der Waals surface area contributed by atoms with Gasteiger partial charge in [-0.25, -0.2) is 9.97 Å². The molecule has 0 unspecified atom stereocenters. The lowest BCUT2D eigenvalue weighted by atomic mass is 10.2. The van der Waals surface area contributed by atoms with Crippen LogP contribution in [0.4, 0.5) is 5.82 Å². The summed E-state index contributed by atoms with van der Waals surface area (Å²) >= 11 is 0. The summed E-state index contributed by atoms with van der Waals surface area (Å²) in [5, 5.41) is 3.30. The third-order valence-corrected chi connectivity index (χ3v) is 2.49. The second-order valence-electron chi connectivity index (χ2n) is 3.86. The molecule has 0 aliphatic heterocycles. The van der Waals surface area contributed by atoms with Gasteiger partial charge in [0, 0.05) is 6.54 Å². The molecule has 0 radical (unpaired) electrons. The van der Waals surface area contributed by atoms with Crippen molar-refractivity contribution in [2.75, 3.05) is 25.0 Å². The topological polar surface area (TPSA) is 73.1 Å². The summed E-state index contributed by atoms with van der Waals surface area (Å²) in [5.74, 6) is 1.52. The van der Waals surface area contributed by atoms with E-state index in [1.807, 2.05) is 13.8 Å². The van der Waals surface area contributed by atoms with Gasteiger partial charge < -0.3 is 15.8 Å². The Morgan fingerprint density at radius 2 is 2.12 bits per heavy atom. The van der Waals surface area contributed by atoms with E-state index in [2.05, 4.69) is 15.3 Å². The van der Waals surface area contributed by atoms with Gasteiger partial charge in [0.25, 0.3) is 0 Å². The SMILES string of the molecule is CCOc1ncnc(NCCCCCN)c1C. The van der Waals surface area contributed by atoms with Gasteiger partial charge in [0.15, 0.2) is 0 Å². The van der Waals surface area contributed by atoms with Gasteiger partial charge in [-0.05, 0) is 33.2 Å². The van der Waals surface area contributed by atoms with Crippen molar-refractivity contribution in [3.05, 3.63) is 11.9 Å². The lowest BCUT2D eigenvalue weighted by molar-refractivity contribution is 0.324. The van der Waals surface area contributed by atoms with Crippen LogP contribution in [0.3, 0.4) is 0 Å². The second-order valence-corrected chi connectivity index (χ2v) is 3.86. The highest BCUT2D eigenvalue weighted by molar-refractivity contribution is 5.47. The van der Waals surface area contributed by atoms with Gasteiger partial charge >= 0.3 is 0 Å². The first kappa shape index (κ1) is 13.7. The standard InChI is InChI=1S/C12H22N4O/c1-3-17-12-10(2)11(15-9-16-12)14-8-6-4-5-7-13/h9H,3-8,13H2,1-2H3,(H,14,15,16). The Bertz CT molecular complexity index is 330. The van der Waals surface area contributed by atoms with Gasteiger partial charge in [0.1, 0.15) is 12.1 Å². The average molecular weight is 238 g/mol. The smallest absolute Gasteiger partial charge is 0.221 e. The summed E-state index contributed by atoms with van der Waals surface area (Å²) in [4.78, 5) is 8.31. The summed E-state index contributed by atoms with van der Waals surface area (Å²) in [6.45, 7) is 6.20. The minimum Gasteiger partial charge on any atom is -0.478 e. The van der Waals surface area contributed by atoms with Crippen molar-refractivity contribution < 1.29 is 4.74 Å². The average Bonchev–Trinajstić information content (AvgIpc) is 2.33. The maximum Gasteiger partial charge on any atom is 0.221 e. The van der Waals surface area contributed by atoms with Gasteiger partial charge in [-0.15, -0.1) is 0 Å². The summed E-state index contributed by atoms with van der Waals surface area (Å²) in [6, 6.07) is 0. The largest absolute Gasteiger partial charge is 0.478 e. The number of nitrogens with zero attached hydrogens (tertiary/aromatic N) is 2. The molecular weight excluding hydrogens is 216 g/mol. The van der Waals surface area contributed by atoms with Crippen molar-refractivity contribution in [1.82, 2.24) is 9.97 Å². The van der Waals surface area contributed by atoms with Crippen molar-refractivity contribution in [2.24, 2.45) is 5.73 Å². The van der Waals surface area contributed by atoms with Gasteiger partial charge in [0.05, 0.1) is 12.2 Å². The third-order valence-electron chi connectivity index (χ3n) is 2.49. The van der Waals surface area contributed by atoms with Crippen molar-refractivity contribution in [1.29, 1.82) is 0 Å². The highest BCUT2D eigenvalue weighted by Crippen LogP contribution is 2.20. The van der Waals surface area contributed by atoms with Crippen LogP contribution in [0.15, 0.2) is 6.33 Å². The molecule has 5 heteroatoms. The molecule has 17 heavy (non-hydrogen) atoms. The Hall–Kier alpha value is -1.36. The molecule has 0 saturated heterocycles. The first-order chi connectivity index (χ1) is 8.29. The van der Waals surface area contributed by atoms with Crippen LogP contribution in [-0.4, -0.2) is 29.7 Å². The van der Waals surface area contributed by atoms with E-state index in [-0.39, 0.29) is 0 Å².